The third kappa shape index (κ3) is 11.7. The van der Waals surface area contributed by atoms with Gasteiger partial charge in [-0.3, -0.25) is 23.9 Å². The molecule has 18 nitrogen and oxygen atoms in total. The van der Waals surface area contributed by atoms with Crippen LogP contribution in [-0.2, 0) is 40.6 Å². The Morgan fingerprint density at radius 3 is 2.01 bits per heavy atom. The number of hydrogen-bond acceptors (Lipinski definition) is 14. The number of amides is 2. The van der Waals surface area contributed by atoms with Gasteiger partial charge in [-0.2, -0.15) is 4.98 Å². The van der Waals surface area contributed by atoms with Gasteiger partial charge in [0.15, 0.2) is 11.4 Å². The number of nitrogens with one attached hydrogen (secondary N) is 2. The molecule has 0 spiro atoms. The number of aliphatic hydroxyl groups is 1. The van der Waals surface area contributed by atoms with Crippen LogP contribution in [0.5, 0.6) is 11.5 Å². The fourth-order valence-corrected chi connectivity index (χ4v) is 10.4. The van der Waals surface area contributed by atoms with Gasteiger partial charge in [0.1, 0.15) is 54.0 Å². The summed E-state index contributed by atoms with van der Waals surface area (Å²) in [5.41, 5.74) is 6.41. The van der Waals surface area contributed by atoms with Crippen molar-refractivity contribution in [2.24, 2.45) is 0 Å². The number of ether oxygens (including phenoxy) is 6. The Labute approximate surface area is 461 Å². The van der Waals surface area contributed by atoms with Crippen molar-refractivity contribution in [3.05, 3.63) is 207 Å². The van der Waals surface area contributed by atoms with Crippen LogP contribution in [0.3, 0.4) is 0 Å². The Balaban J connectivity index is 0.699. The first-order valence-corrected chi connectivity index (χ1v) is 26.3. The molecule has 3 atom stereocenters. The largest absolute Gasteiger partial charge is 0.497 e. The maximum absolute atomic E-state index is 13.6. The van der Waals surface area contributed by atoms with E-state index in [1.807, 2.05) is 103 Å². The van der Waals surface area contributed by atoms with Gasteiger partial charge >= 0.3 is 17.8 Å². The number of aromatic amines is 1. The number of ketones is 1. The minimum Gasteiger partial charge on any atom is -0.497 e. The first-order valence-electron chi connectivity index (χ1n) is 26.3. The highest BCUT2D eigenvalue weighted by molar-refractivity contribution is 6.06. The number of methoxy groups -OCH3 is 2. The van der Waals surface area contributed by atoms with Gasteiger partial charge in [-0.05, 0) is 93.7 Å². The number of nitrogens with zero attached hydrogens (tertiary/aromatic N) is 4. The van der Waals surface area contributed by atoms with Crippen LogP contribution >= 0.6 is 0 Å². The topological polar surface area (TPSA) is 223 Å². The molecule has 80 heavy (non-hydrogen) atoms. The average Bonchev–Trinajstić information content (AvgIpc) is 4.23. The standard InChI is InChI=1S/C62H60N6O12/c1-67(61(74)78-36-51-49-16-9-7-14-47(49)48-15-8-10-17-50(48)51)33-11-18-55(71)77-35-44(69)28-21-39-19-22-40(23-20-39)59(72)64-57-56-58(66-60(73)65-57)68(38-63-56)54-34-52(70)53(80-54)37-79-62(41-12-5-4-6-13-41,42-24-29-45(75-2)30-25-42)43-26-31-46(76-3)32-27-43/h4-10,12-17,19-20,22-27,29-32,38,51-54,70H,11,18,21,28,33-37H2,1-3H3,(H2,64,65,66,72,73)/t52?,53-,54-/m1/s1. The highest BCUT2D eigenvalue weighted by atomic mass is 16.6. The lowest BCUT2D eigenvalue weighted by molar-refractivity contribution is -0.148. The number of aliphatic hydroxyl groups excluding tert-OH is 1. The zero-order valence-corrected chi connectivity index (χ0v) is 44.4. The fraction of sp³-hybridized carbons (Fsp3) is 0.274. The molecule has 1 unspecified atom stereocenters. The normalized spacial score (nSPS) is 15.7. The molecule has 18 heteroatoms. The molecule has 0 saturated carbocycles. The minimum absolute atomic E-state index is 0.0145. The summed E-state index contributed by atoms with van der Waals surface area (Å²) in [6.45, 7) is 0.0241. The predicted octanol–water partition coefficient (Wildman–Crippen LogP) is 8.75. The zero-order chi connectivity index (χ0) is 55.8. The van der Waals surface area contributed by atoms with Gasteiger partial charge in [-0.25, -0.2) is 14.6 Å². The highest BCUT2D eigenvalue weighted by Crippen LogP contribution is 2.45. The summed E-state index contributed by atoms with van der Waals surface area (Å²) in [5, 5.41) is 14.3. The summed E-state index contributed by atoms with van der Waals surface area (Å²) >= 11 is 0. The van der Waals surface area contributed by atoms with Gasteiger partial charge in [-0.15, -0.1) is 0 Å². The summed E-state index contributed by atoms with van der Waals surface area (Å²) in [6.07, 6.45) is -0.758. The molecule has 6 aromatic carbocycles. The molecule has 410 valence electrons. The number of anilines is 1. The molecule has 3 heterocycles. The maximum atomic E-state index is 13.6. The SMILES string of the molecule is COc1ccc(C(OC[C@H]2O[C@@H](n3cnc4c(NC(=O)c5ccc(CCC(=O)COC(=O)CCCN(C)C(=O)OCC6c7ccccc7-c7ccccc76)cc5)[nH]c(=O)nc43)CC2O)(c2ccccc2)c2ccc(OC)cc2)cc1. The van der Waals surface area contributed by atoms with E-state index in [0.717, 1.165) is 44.5 Å². The molecule has 0 radical (unpaired) electrons. The summed E-state index contributed by atoms with van der Waals surface area (Å²) in [6, 6.07) is 47.8. The van der Waals surface area contributed by atoms with Gasteiger partial charge in [0.2, 0.25) is 0 Å². The number of fused-ring (bicyclic) bond motifs is 4. The smallest absolute Gasteiger partial charge is 0.409 e. The molecule has 2 aliphatic rings. The lowest BCUT2D eigenvalue weighted by atomic mass is 9.80. The lowest BCUT2D eigenvalue weighted by Gasteiger charge is -2.37. The van der Waals surface area contributed by atoms with Crippen LogP contribution in [0.25, 0.3) is 22.3 Å². The van der Waals surface area contributed by atoms with Crippen molar-refractivity contribution in [2.45, 2.75) is 62.1 Å². The second-order valence-corrected chi connectivity index (χ2v) is 19.7. The van der Waals surface area contributed by atoms with Crippen LogP contribution in [0.15, 0.2) is 163 Å². The van der Waals surface area contributed by atoms with E-state index in [2.05, 4.69) is 44.5 Å². The van der Waals surface area contributed by atoms with Gasteiger partial charge in [0.25, 0.3) is 5.91 Å². The zero-order valence-electron chi connectivity index (χ0n) is 44.4. The van der Waals surface area contributed by atoms with E-state index in [9.17, 15) is 29.1 Å². The molecule has 8 aromatic rings. The summed E-state index contributed by atoms with van der Waals surface area (Å²) in [7, 11) is 4.82. The van der Waals surface area contributed by atoms with Crippen LogP contribution in [0.4, 0.5) is 10.6 Å². The molecular formula is C62H60N6O12. The first kappa shape index (κ1) is 54.4. The van der Waals surface area contributed by atoms with Crippen LogP contribution in [0, 0.1) is 0 Å². The maximum Gasteiger partial charge on any atom is 0.409 e. The number of esters is 1. The summed E-state index contributed by atoms with van der Waals surface area (Å²) in [5.74, 6) is -0.0653. The van der Waals surface area contributed by atoms with E-state index in [-0.39, 0.29) is 79.9 Å². The van der Waals surface area contributed by atoms with Gasteiger partial charge in [0, 0.05) is 44.3 Å². The molecule has 1 saturated heterocycles. The van der Waals surface area contributed by atoms with Crippen molar-refractivity contribution in [1.82, 2.24) is 24.4 Å². The van der Waals surface area contributed by atoms with E-state index in [1.54, 1.807) is 50.1 Å². The summed E-state index contributed by atoms with van der Waals surface area (Å²) < 4.78 is 36.9. The van der Waals surface area contributed by atoms with Crippen LogP contribution in [0.1, 0.15) is 81.6 Å². The number of H-pyrrole nitrogens is 1. The molecule has 10 rings (SSSR count). The van der Waals surface area contributed by atoms with Crippen molar-refractivity contribution >= 4 is 40.7 Å². The second kappa shape index (κ2) is 24.4. The molecule has 1 aliphatic carbocycles. The molecule has 3 N–H and O–H groups in total. The van der Waals surface area contributed by atoms with Crippen molar-refractivity contribution in [3.63, 3.8) is 0 Å². The number of imidazole rings is 1. The quantitative estimate of drug-likeness (QED) is 0.0427. The first-order chi connectivity index (χ1) is 38.9. The Morgan fingerprint density at radius 1 is 0.762 bits per heavy atom. The van der Waals surface area contributed by atoms with E-state index >= 15 is 0 Å². The number of rotatable bonds is 22. The summed E-state index contributed by atoms with van der Waals surface area (Å²) in [4.78, 5) is 77.3. The second-order valence-electron chi connectivity index (χ2n) is 19.7. The van der Waals surface area contributed by atoms with Gasteiger partial charge < -0.3 is 43.7 Å². The van der Waals surface area contributed by atoms with E-state index < -0.39 is 47.7 Å². The van der Waals surface area contributed by atoms with Crippen molar-refractivity contribution < 1.29 is 52.7 Å². The van der Waals surface area contributed by atoms with Gasteiger partial charge in [-0.1, -0.05) is 115 Å². The Bertz CT molecular complexity index is 3460. The van der Waals surface area contributed by atoms with E-state index in [4.69, 9.17) is 28.4 Å². The molecule has 1 fully saturated rings. The molecule has 0 bridgehead atoms. The van der Waals surface area contributed by atoms with Crippen LogP contribution in [0.2, 0.25) is 0 Å². The third-order valence-electron chi connectivity index (χ3n) is 14.7. The molecule has 1 aliphatic heterocycles. The molecule has 2 amide bonds. The lowest BCUT2D eigenvalue weighted by Crippen LogP contribution is -2.38. The molecular weight excluding hydrogens is 1020 g/mol. The predicted molar refractivity (Wildman–Crippen MR) is 297 cm³/mol. The number of carbonyl (C=O) groups excluding carboxylic acids is 4. The third-order valence-corrected chi connectivity index (χ3v) is 14.7. The molecule has 2 aromatic heterocycles. The van der Waals surface area contributed by atoms with Crippen molar-refractivity contribution in [1.29, 1.82) is 0 Å². The number of benzene rings is 6. The Hall–Kier alpha value is -8.97. The van der Waals surface area contributed by atoms with Crippen LogP contribution < -0.4 is 20.5 Å². The van der Waals surface area contributed by atoms with Gasteiger partial charge in [0.05, 0.1) is 33.3 Å². The number of aromatic nitrogens is 4. The average molecular weight is 1080 g/mol. The fourth-order valence-electron chi connectivity index (χ4n) is 10.4. The number of carbonyl (C=O) groups is 4. The van der Waals surface area contributed by atoms with Crippen molar-refractivity contribution in [2.75, 3.05) is 52.9 Å². The highest BCUT2D eigenvalue weighted by Gasteiger charge is 2.42. The van der Waals surface area contributed by atoms with E-state index in [1.165, 1.54) is 11.2 Å². The number of Topliss-reactive ketones (excluding diaryl/α,β-unsaturated/α-hetero) is 1. The number of aryl methyl sites for hydroxylation is 1. The van der Waals surface area contributed by atoms with E-state index in [0.29, 0.717) is 24.3 Å². The number of hydrogen-bond donors (Lipinski definition) is 3. The Kier molecular flexibility index (Phi) is 16.6. The Morgan fingerprint density at radius 2 is 1.38 bits per heavy atom. The van der Waals surface area contributed by atoms with Crippen LogP contribution in [-0.4, -0.2) is 113 Å². The monoisotopic (exact) mass is 1080 g/mol. The van der Waals surface area contributed by atoms with Crippen molar-refractivity contribution in [3.8, 4) is 22.6 Å². The minimum atomic E-state index is -1.16.